The van der Waals surface area contributed by atoms with Gasteiger partial charge in [-0.2, -0.15) is 0 Å². The lowest BCUT2D eigenvalue weighted by Gasteiger charge is -2.26. The smallest absolute Gasteiger partial charge is 0.191 e. The van der Waals surface area contributed by atoms with Crippen LogP contribution < -0.4 is 20.1 Å². The molecule has 1 unspecified atom stereocenters. The standard InChI is InChI=1S/C23H34N4O2.HI/c1-24-23(25-15-9-12-18-10-7-6-8-11-18)26-17-20(27(2)3)19-13-14-21(28-4)22(16-19)29-5;/h6-8,10-11,13-14,16,20H,9,12,15,17H2,1-5H3,(H2,24,25,26);1H. The number of likely N-dealkylation sites (N-methyl/N-ethyl adjacent to an activating group) is 1. The highest BCUT2D eigenvalue weighted by atomic mass is 127. The number of ether oxygens (including phenoxy) is 2. The van der Waals surface area contributed by atoms with Gasteiger partial charge in [-0.15, -0.1) is 24.0 Å². The first-order chi connectivity index (χ1) is 14.1. The summed E-state index contributed by atoms with van der Waals surface area (Å²) in [7, 11) is 9.24. The van der Waals surface area contributed by atoms with Crippen LogP contribution in [0.15, 0.2) is 53.5 Å². The van der Waals surface area contributed by atoms with Gasteiger partial charge in [-0.05, 0) is 50.2 Å². The number of benzene rings is 2. The fourth-order valence-corrected chi connectivity index (χ4v) is 3.22. The van der Waals surface area contributed by atoms with E-state index in [4.69, 9.17) is 9.47 Å². The van der Waals surface area contributed by atoms with Crippen molar-refractivity contribution in [2.45, 2.75) is 18.9 Å². The van der Waals surface area contributed by atoms with Crippen molar-refractivity contribution in [3.63, 3.8) is 0 Å². The fourth-order valence-electron chi connectivity index (χ4n) is 3.22. The first kappa shape index (κ1) is 26.0. The maximum Gasteiger partial charge on any atom is 0.191 e. The van der Waals surface area contributed by atoms with Crippen LogP contribution in [-0.2, 0) is 6.42 Å². The Labute approximate surface area is 198 Å². The Kier molecular flexibility index (Phi) is 12.2. The number of nitrogens with one attached hydrogen (secondary N) is 2. The molecule has 0 aliphatic heterocycles. The van der Waals surface area contributed by atoms with Crippen molar-refractivity contribution < 1.29 is 9.47 Å². The van der Waals surface area contributed by atoms with Crippen molar-refractivity contribution in [2.75, 3.05) is 48.5 Å². The Morgan fingerprint density at radius 1 is 1.00 bits per heavy atom. The molecule has 2 N–H and O–H groups in total. The van der Waals surface area contributed by atoms with Crippen molar-refractivity contribution in [3.05, 3.63) is 59.7 Å². The summed E-state index contributed by atoms with van der Waals surface area (Å²) < 4.78 is 10.8. The van der Waals surface area contributed by atoms with Gasteiger partial charge >= 0.3 is 0 Å². The van der Waals surface area contributed by atoms with Crippen LogP contribution in [0, 0.1) is 0 Å². The third kappa shape index (κ3) is 8.02. The van der Waals surface area contributed by atoms with Gasteiger partial charge in [0, 0.05) is 20.1 Å². The predicted molar refractivity (Wildman–Crippen MR) is 136 cm³/mol. The minimum absolute atomic E-state index is 0. The molecule has 7 heteroatoms. The predicted octanol–water partition coefficient (Wildman–Crippen LogP) is 3.72. The molecule has 2 rings (SSSR count). The van der Waals surface area contributed by atoms with Crippen LogP contribution in [0.5, 0.6) is 11.5 Å². The second kappa shape index (κ2) is 14.1. The number of methoxy groups -OCH3 is 2. The van der Waals surface area contributed by atoms with Crippen molar-refractivity contribution in [3.8, 4) is 11.5 Å². The lowest BCUT2D eigenvalue weighted by atomic mass is 10.1. The number of rotatable bonds is 10. The van der Waals surface area contributed by atoms with Crippen LogP contribution in [0.1, 0.15) is 23.6 Å². The number of halogens is 1. The maximum atomic E-state index is 5.46. The third-order valence-corrected chi connectivity index (χ3v) is 4.88. The summed E-state index contributed by atoms with van der Waals surface area (Å²) in [6.45, 7) is 1.60. The molecule has 0 amide bonds. The van der Waals surface area contributed by atoms with Crippen molar-refractivity contribution in [1.82, 2.24) is 15.5 Å². The van der Waals surface area contributed by atoms with E-state index in [9.17, 15) is 0 Å². The highest BCUT2D eigenvalue weighted by Crippen LogP contribution is 2.31. The molecule has 1 atom stereocenters. The van der Waals surface area contributed by atoms with Crippen molar-refractivity contribution >= 4 is 29.9 Å². The third-order valence-electron chi connectivity index (χ3n) is 4.88. The molecule has 0 spiro atoms. The molecule has 0 fully saturated rings. The van der Waals surface area contributed by atoms with Gasteiger partial charge in [-0.25, -0.2) is 0 Å². The van der Waals surface area contributed by atoms with Crippen LogP contribution in [-0.4, -0.2) is 59.3 Å². The van der Waals surface area contributed by atoms with Crippen LogP contribution >= 0.6 is 24.0 Å². The molecule has 0 radical (unpaired) electrons. The van der Waals surface area contributed by atoms with Crippen LogP contribution in [0.4, 0.5) is 0 Å². The van der Waals surface area contributed by atoms with E-state index in [2.05, 4.69) is 65.0 Å². The zero-order chi connectivity index (χ0) is 21.1. The van der Waals surface area contributed by atoms with Gasteiger partial charge in [0.2, 0.25) is 0 Å². The molecule has 0 aromatic heterocycles. The monoisotopic (exact) mass is 526 g/mol. The van der Waals surface area contributed by atoms with E-state index in [0.29, 0.717) is 0 Å². The first-order valence-corrected chi connectivity index (χ1v) is 9.95. The Balaban J connectivity index is 0.00000450. The molecule has 2 aromatic rings. The fraction of sp³-hybridized carbons (Fsp3) is 0.435. The van der Waals surface area contributed by atoms with Gasteiger partial charge in [0.15, 0.2) is 17.5 Å². The van der Waals surface area contributed by atoms with E-state index in [0.717, 1.165) is 49.0 Å². The van der Waals surface area contributed by atoms with E-state index in [1.165, 1.54) is 5.56 Å². The van der Waals surface area contributed by atoms with Gasteiger partial charge in [0.05, 0.1) is 20.3 Å². The van der Waals surface area contributed by atoms with Crippen LogP contribution in [0.2, 0.25) is 0 Å². The van der Waals surface area contributed by atoms with Gasteiger partial charge in [0.25, 0.3) is 0 Å². The highest BCUT2D eigenvalue weighted by Gasteiger charge is 2.17. The number of hydrogen-bond donors (Lipinski definition) is 2. The van der Waals surface area contributed by atoms with Crippen LogP contribution in [0.25, 0.3) is 0 Å². The van der Waals surface area contributed by atoms with Crippen molar-refractivity contribution in [2.24, 2.45) is 4.99 Å². The van der Waals surface area contributed by atoms with Gasteiger partial charge in [-0.3, -0.25) is 4.99 Å². The van der Waals surface area contributed by atoms with Crippen LogP contribution in [0.3, 0.4) is 0 Å². The molecular weight excluding hydrogens is 491 g/mol. The summed E-state index contributed by atoms with van der Waals surface area (Å²) in [5, 5.41) is 6.84. The quantitative estimate of drug-likeness (QED) is 0.214. The van der Waals surface area contributed by atoms with Gasteiger partial charge < -0.3 is 25.0 Å². The summed E-state index contributed by atoms with van der Waals surface area (Å²) in [6.07, 6.45) is 2.11. The zero-order valence-corrected chi connectivity index (χ0v) is 21.0. The molecule has 166 valence electrons. The summed E-state index contributed by atoms with van der Waals surface area (Å²) in [5.41, 5.74) is 2.51. The number of hydrogen-bond acceptors (Lipinski definition) is 4. The minimum Gasteiger partial charge on any atom is -0.493 e. The SMILES string of the molecule is CN=C(NCCCc1ccccc1)NCC(c1ccc(OC)c(OC)c1)N(C)C.I. The Bertz CT molecular complexity index is 769. The Hall–Kier alpha value is -2.00. The van der Waals surface area contributed by atoms with E-state index in [1.807, 2.05) is 18.2 Å². The number of aryl methyl sites for hydroxylation is 1. The Morgan fingerprint density at radius 3 is 2.30 bits per heavy atom. The molecule has 0 heterocycles. The highest BCUT2D eigenvalue weighted by molar-refractivity contribution is 14.0. The first-order valence-electron chi connectivity index (χ1n) is 9.95. The summed E-state index contributed by atoms with van der Waals surface area (Å²) >= 11 is 0. The van der Waals surface area contributed by atoms with E-state index < -0.39 is 0 Å². The number of guanidine groups is 1. The average Bonchev–Trinajstić information content (AvgIpc) is 2.75. The lowest BCUT2D eigenvalue weighted by molar-refractivity contribution is 0.295. The van der Waals surface area contributed by atoms with Crippen molar-refractivity contribution in [1.29, 1.82) is 0 Å². The van der Waals surface area contributed by atoms with Gasteiger partial charge in [-0.1, -0.05) is 36.4 Å². The summed E-state index contributed by atoms with van der Waals surface area (Å²) in [4.78, 5) is 6.53. The second-order valence-corrected chi connectivity index (χ2v) is 7.06. The molecule has 2 aromatic carbocycles. The maximum absolute atomic E-state index is 5.46. The number of aliphatic imine (C=N–C) groups is 1. The molecule has 0 aliphatic carbocycles. The van der Waals surface area contributed by atoms with E-state index >= 15 is 0 Å². The summed E-state index contributed by atoms with van der Waals surface area (Å²) in [6, 6.07) is 16.8. The second-order valence-electron chi connectivity index (χ2n) is 7.06. The molecule has 6 nitrogen and oxygen atoms in total. The average molecular weight is 526 g/mol. The Morgan fingerprint density at radius 2 is 1.70 bits per heavy atom. The molecule has 0 aliphatic rings. The van der Waals surface area contributed by atoms with E-state index in [1.54, 1.807) is 21.3 Å². The zero-order valence-electron chi connectivity index (χ0n) is 18.6. The minimum atomic E-state index is 0. The topological polar surface area (TPSA) is 58.1 Å². The molecular formula is C23H35IN4O2. The van der Waals surface area contributed by atoms with E-state index in [-0.39, 0.29) is 30.0 Å². The molecule has 0 bridgehead atoms. The normalized spacial score (nSPS) is 12.1. The number of nitrogens with zero attached hydrogens (tertiary/aromatic N) is 2. The molecule has 0 saturated carbocycles. The van der Waals surface area contributed by atoms with Gasteiger partial charge in [0.1, 0.15) is 0 Å². The molecule has 0 saturated heterocycles. The largest absolute Gasteiger partial charge is 0.493 e. The summed E-state index contributed by atoms with van der Waals surface area (Å²) in [5.74, 6) is 2.28. The molecule has 30 heavy (non-hydrogen) atoms. The lowest BCUT2D eigenvalue weighted by Crippen LogP contribution is -2.42.